The van der Waals surface area contributed by atoms with Crippen LogP contribution >= 0.6 is 0 Å². The molecule has 0 N–H and O–H groups in total. The van der Waals surface area contributed by atoms with Crippen molar-refractivity contribution in [1.29, 1.82) is 0 Å². The van der Waals surface area contributed by atoms with Crippen molar-refractivity contribution >= 4 is 17.9 Å². The molecule has 0 aliphatic rings. The molecule has 0 spiro atoms. The van der Waals surface area contributed by atoms with Crippen molar-refractivity contribution in [1.82, 2.24) is 0 Å². The van der Waals surface area contributed by atoms with Gasteiger partial charge in [0.25, 0.3) is 0 Å². The summed E-state index contributed by atoms with van der Waals surface area (Å²) in [6.07, 6.45) is 93.0. The minimum atomic E-state index is -0.786. The average Bonchev–Trinajstić information content (AvgIpc) is 3.46. The van der Waals surface area contributed by atoms with Crippen LogP contribution in [0.1, 0.15) is 342 Å². The maximum Gasteiger partial charge on any atom is 0.306 e. The van der Waals surface area contributed by atoms with E-state index < -0.39 is 6.10 Å². The summed E-state index contributed by atoms with van der Waals surface area (Å²) >= 11 is 0. The van der Waals surface area contributed by atoms with E-state index in [1.807, 2.05) is 0 Å². The van der Waals surface area contributed by atoms with Gasteiger partial charge in [0.15, 0.2) is 6.10 Å². The predicted octanol–water partition coefficient (Wildman–Crippen LogP) is 24.0. The molecule has 81 heavy (non-hydrogen) atoms. The van der Waals surface area contributed by atoms with Crippen molar-refractivity contribution in [3.8, 4) is 0 Å². The number of allylic oxidation sites excluding steroid dienone is 16. The molecule has 0 saturated carbocycles. The third kappa shape index (κ3) is 67.0. The van der Waals surface area contributed by atoms with Gasteiger partial charge in [0.2, 0.25) is 0 Å². The molecule has 0 radical (unpaired) electrons. The lowest BCUT2D eigenvalue weighted by Crippen LogP contribution is -2.30. The van der Waals surface area contributed by atoms with E-state index in [0.29, 0.717) is 19.3 Å². The monoisotopic (exact) mass is 1130 g/mol. The number of unbranched alkanes of at least 4 members (excludes halogenated alkanes) is 36. The van der Waals surface area contributed by atoms with Crippen LogP contribution < -0.4 is 0 Å². The highest BCUT2D eigenvalue weighted by molar-refractivity contribution is 5.71. The Morgan fingerprint density at radius 3 is 0.790 bits per heavy atom. The molecule has 0 aromatic heterocycles. The Morgan fingerprint density at radius 1 is 0.259 bits per heavy atom. The smallest absolute Gasteiger partial charge is 0.306 e. The molecule has 0 fully saturated rings. The zero-order chi connectivity index (χ0) is 58.5. The third-order valence-corrected chi connectivity index (χ3v) is 15.0. The number of ether oxygens (including phenoxy) is 3. The highest BCUT2D eigenvalue weighted by atomic mass is 16.6. The molecule has 0 aromatic rings. The van der Waals surface area contributed by atoms with E-state index >= 15 is 0 Å². The molecule has 0 amide bonds. The molecule has 466 valence electrons. The second-order valence-electron chi connectivity index (χ2n) is 23.1. The largest absolute Gasteiger partial charge is 0.462 e. The average molecular weight is 1130 g/mol. The number of carbonyl (C=O) groups excluding carboxylic acids is 3. The Morgan fingerprint density at radius 2 is 0.481 bits per heavy atom. The van der Waals surface area contributed by atoms with Crippen LogP contribution in [0.2, 0.25) is 0 Å². The van der Waals surface area contributed by atoms with Crippen LogP contribution in [0.15, 0.2) is 97.2 Å². The van der Waals surface area contributed by atoms with Crippen molar-refractivity contribution in [3.63, 3.8) is 0 Å². The van der Waals surface area contributed by atoms with Gasteiger partial charge in [-0.3, -0.25) is 14.4 Å². The van der Waals surface area contributed by atoms with Gasteiger partial charge in [-0.1, -0.05) is 298 Å². The second-order valence-corrected chi connectivity index (χ2v) is 23.1. The number of carbonyl (C=O) groups is 3. The minimum Gasteiger partial charge on any atom is -0.462 e. The molecule has 6 heteroatoms. The van der Waals surface area contributed by atoms with Gasteiger partial charge in [-0.2, -0.15) is 0 Å². The standard InChI is InChI=1S/C75H130O6/c1-4-7-10-13-16-19-22-25-27-28-29-30-31-32-33-34-35-36-37-38-39-40-41-42-43-44-45-46-48-50-53-56-59-62-65-68-74(77)80-71-72(70-79-73(76)67-64-61-58-55-52-49-24-21-18-15-12-9-6-3)81-75(78)69-66-63-60-57-54-51-47-26-23-20-17-14-11-8-5-2/h7,10,16-17,19-21,24-27,29-30,32-33,47,72H,4-6,8-9,11-15,18,22-23,28,31,34-46,48-71H2,1-3H3/b10-7-,19-16-,20-17-,24-21-,27-25-,30-29-,33-32-,47-26-. The molecule has 6 nitrogen and oxygen atoms in total. The van der Waals surface area contributed by atoms with Crippen LogP contribution in [-0.2, 0) is 28.6 Å². The van der Waals surface area contributed by atoms with E-state index in [1.165, 1.54) is 180 Å². The fourth-order valence-corrected chi connectivity index (χ4v) is 9.85. The predicted molar refractivity (Wildman–Crippen MR) is 353 cm³/mol. The van der Waals surface area contributed by atoms with Crippen LogP contribution in [0.3, 0.4) is 0 Å². The van der Waals surface area contributed by atoms with Gasteiger partial charge in [0.05, 0.1) is 0 Å². The van der Waals surface area contributed by atoms with Gasteiger partial charge in [-0.15, -0.1) is 0 Å². The summed E-state index contributed by atoms with van der Waals surface area (Å²) in [5, 5.41) is 0. The lowest BCUT2D eigenvalue weighted by atomic mass is 10.0. The van der Waals surface area contributed by atoms with Crippen molar-refractivity contribution in [2.45, 2.75) is 348 Å². The van der Waals surface area contributed by atoms with E-state index in [0.717, 1.165) is 122 Å². The van der Waals surface area contributed by atoms with Crippen LogP contribution in [0, 0.1) is 0 Å². The van der Waals surface area contributed by atoms with Gasteiger partial charge in [-0.25, -0.2) is 0 Å². The summed E-state index contributed by atoms with van der Waals surface area (Å²) in [5.41, 5.74) is 0. The summed E-state index contributed by atoms with van der Waals surface area (Å²) in [6, 6.07) is 0. The molecular weight excluding hydrogens is 997 g/mol. The Labute approximate surface area is 502 Å². The molecule has 0 aromatic carbocycles. The number of hydrogen-bond acceptors (Lipinski definition) is 6. The number of rotatable bonds is 63. The van der Waals surface area contributed by atoms with Gasteiger partial charge in [0.1, 0.15) is 13.2 Å². The number of esters is 3. The fourth-order valence-electron chi connectivity index (χ4n) is 9.85. The first kappa shape index (κ1) is 77.3. The van der Waals surface area contributed by atoms with Crippen molar-refractivity contribution < 1.29 is 28.6 Å². The molecule has 0 rings (SSSR count). The lowest BCUT2D eigenvalue weighted by molar-refractivity contribution is -0.167. The van der Waals surface area contributed by atoms with Crippen LogP contribution in [0.4, 0.5) is 0 Å². The maximum atomic E-state index is 12.9. The van der Waals surface area contributed by atoms with Crippen molar-refractivity contribution in [3.05, 3.63) is 97.2 Å². The quantitative estimate of drug-likeness (QED) is 0.0261. The normalized spacial score (nSPS) is 12.7. The summed E-state index contributed by atoms with van der Waals surface area (Å²) in [5.74, 6) is -0.890. The summed E-state index contributed by atoms with van der Waals surface area (Å²) < 4.78 is 16.9. The molecule has 0 heterocycles. The Hall–Kier alpha value is -3.67. The SMILES string of the molecule is CC/C=C\C/C=C\C/C=C\C/C=C\C/C=C\CCCCCCCCCCCCCCCCCCCCCC(=O)OCC(COC(=O)CCCCCCC/C=C\CCCCCC)OC(=O)CCCCCCC/C=C\C/C=C\CCCCC. The molecule has 1 unspecified atom stereocenters. The van der Waals surface area contributed by atoms with E-state index in [4.69, 9.17) is 14.2 Å². The van der Waals surface area contributed by atoms with E-state index in [1.54, 1.807) is 0 Å². The Kier molecular flexibility index (Phi) is 65.7. The van der Waals surface area contributed by atoms with E-state index in [-0.39, 0.29) is 31.1 Å². The molecule has 0 aliphatic carbocycles. The summed E-state index contributed by atoms with van der Waals surface area (Å²) in [7, 11) is 0. The third-order valence-electron chi connectivity index (χ3n) is 15.0. The van der Waals surface area contributed by atoms with E-state index in [2.05, 4.69) is 118 Å². The first-order valence-electron chi connectivity index (χ1n) is 34.7. The topological polar surface area (TPSA) is 78.9 Å². The highest BCUT2D eigenvalue weighted by Crippen LogP contribution is 2.17. The summed E-state index contributed by atoms with van der Waals surface area (Å²) in [6.45, 7) is 6.50. The van der Waals surface area contributed by atoms with E-state index in [9.17, 15) is 14.4 Å². The molecule has 0 bridgehead atoms. The second kappa shape index (κ2) is 68.8. The molecule has 0 saturated heterocycles. The number of hydrogen-bond donors (Lipinski definition) is 0. The Balaban J connectivity index is 4.12. The highest BCUT2D eigenvalue weighted by Gasteiger charge is 2.19. The van der Waals surface area contributed by atoms with Gasteiger partial charge in [-0.05, 0) is 122 Å². The van der Waals surface area contributed by atoms with Crippen molar-refractivity contribution in [2.75, 3.05) is 13.2 Å². The van der Waals surface area contributed by atoms with Crippen LogP contribution in [0.25, 0.3) is 0 Å². The zero-order valence-corrected chi connectivity index (χ0v) is 53.5. The first-order chi connectivity index (χ1) is 40.0. The Bertz CT molecular complexity index is 1580. The van der Waals surface area contributed by atoms with Crippen LogP contribution in [0.5, 0.6) is 0 Å². The summed E-state index contributed by atoms with van der Waals surface area (Å²) in [4.78, 5) is 38.3. The minimum absolute atomic E-state index is 0.0818. The van der Waals surface area contributed by atoms with Crippen molar-refractivity contribution in [2.24, 2.45) is 0 Å². The first-order valence-corrected chi connectivity index (χ1v) is 34.7. The molecule has 0 aliphatic heterocycles. The van der Waals surface area contributed by atoms with Crippen LogP contribution in [-0.4, -0.2) is 37.2 Å². The fraction of sp³-hybridized carbons (Fsp3) is 0.747. The molecular formula is C75H130O6. The maximum absolute atomic E-state index is 12.9. The van der Waals surface area contributed by atoms with Gasteiger partial charge >= 0.3 is 17.9 Å². The van der Waals surface area contributed by atoms with Gasteiger partial charge in [0, 0.05) is 19.3 Å². The lowest BCUT2D eigenvalue weighted by Gasteiger charge is -2.18. The zero-order valence-electron chi connectivity index (χ0n) is 53.5. The van der Waals surface area contributed by atoms with Gasteiger partial charge < -0.3 is 14.2 Å². The molecule has 1 atom stereocenters.